The van der Waals surface area contributed by atoms with Crippen LogP contribution < -0.4 is 0 Å². The Labute approximate surface area is 118 Å². The number of benzene rings is 1. The van der Waals surface area contributed by atoms with Crippen molar-refractivity contribution in [3.8, 4) is 0 Å². The van der Waals surface area contributed by atoms with Crippen LogP contribution in [0, 0.1) is 0 Å². The number of rotatable bonds is 2. The van der Waals surface area contributed by atoms with Crippen molar-refractivity contribution >= 4 is 28.6 Å². The highest BCUT2D eigenvalue weighted by atomic mass is 32.2. The summed E-state index contributed by atoms with van der Waals surface area (Å²) in [7, 11) is -3.16. The Morgan fingerprint density at radius 3 is 2.11 bits per heavy atom. The van der Waals surface area contributed by atoms with Gasteiger partial charge in [-0.2, -0.15) is 4.31 Å². The van der Waals surface area contributed by atoms with Gasteiger partial charge in [-0.3, -0.25) is 4.79 Å². The number of sulfonamides is 1. The molecule has 0 bridgehead atoms. The van der Waals surface area contributed by atoms with Crippen molar-refractivity contribution in [2.45, 2.75) is 4.90 Å². The highest BCUT2D eigenvalue weighted by Crippen LogP contribution is 2.13. The van der Waals surface area contributed by atoms with Crippen molar-refractivity contribution in [1.29, 1.82) is 0 Å². The number of hydrogen-bond donors (Lipinski definition) is 1. The van der Waals surface area contributed by atoms with Gasteiger partial charge in [-0.1, -0.05) is 0 Å². The third-order valence-corrected chi connectivity index (χ3v) is 4.71. The van der Waals surface area contributed by atoms with E-state index < -0.39 is 10.0 Å². The van der Waals surface area contributed by atoms with E-state index in [0.717, 1.165) is 4.90 Å². The summed E-state index contributed by atoms with van der Waals surface area (Å²) < 4.78 is 24.2. The molecule has 1 heterocycles. The molecule has 1 fully saturated rings. The first-order valence-corrected chi connectivity index (χ1v) is 8.21. The summed E-state index contributed by atoms with van der Waals surface area (Å²) in [6.45, 7) is 1.56. The summed E-state index contributed by atoms with van der Waals surface area (Å²) in [5.74, 6) is -0.0681. The summed E-state index contributed by atoms with van der Waals surface area (Å²) in [5, 5.41) is 0. The van der Waals surface area contributed by atoms with Gasteiger partial charge < -0.3 is 4.90 Å². The molecular formula is C12H16N2O3S2. The molecule has 0 radical (unpaired) electrons. The summed E-state index contributed by atoms with van der Waals surface area (Å²) in [5.41, 5.74) is 0.602. The van der Waals surface area contributed by atoms with Gasteiger partial charge in [0.25, 0.3) is 5.91 Å². The Morgan fingerprint density at radius 2 is 1.63 bits per heavy atom. The SMILES string of the molecule is CS(=O)(=O)N1CCN(C(=O)c2ccc(S)cc2)CC1. The number of amides is 1. The summed E-state index contributed by atoms with van der Waals surface area (Å²) >= 11 is 4.17. The minimum absolute atomic E-state index is 0.0681. The fourth-order valence-electron chi connectivity index (χ4n) is 2.01. The van der Waals surface area contributed by atoms with Crippen LogP contribution >= 0.6 is 12.6 Å². The molecule has 1 aliphatic heterocycles. The zero-order valence-electron chi connectivity index (χ0n) is 10.6. The number of thiol groups is 1. The lowest BCUT2D eigenvalue weighted by molar-refractivity contribution is 0.0698. The van der Waals surface area contributed by atoms with Crippen molar-refractivity contribution in [3.63, 3.8) is 0 Å². The molecule has 0 aromatic heterocycles. The van der Waals surface area contributed by atoms with Crippen LogP contribution in [0.15, 0.2) is 29.2 Å². The smallest absolute Gasteiger partial charge is 0.253 e. The topological polar surface area (TPSA) is 57.7 Å². The van der Waals surface area contributed by atoms with Gasteiger partial charge in [-0.25, -0.2) is 8.42 Å². The van der Waals surface area contributed by atoms with Crippen LogP contribution in [0.25, 0.3) is 0 Å². The first-order valence-electron chi connectivity index (χ1n) is 5.91. The monoisotopic (exact) mass is 300 g/mol. The van der Waals surface area contributed by atoms with Crippen LogP contribution in [0.5, 0.6) is 0 Å². The Hall–Kier alpha value is -1.05. The second kappa shape index (κ2) is 5.52. The molecule has 0 unspecified atom stereocenters. The van der Waals surface area contributed by atoms with E-state index >= 15 is 0 Å². The van der Waals surface area contributed by atoms with E-state index in [1.54, 1.807) is 29.2 Å². The van der Waals surface area contributed by atoms with Gasteiger partial charge in [0, 0.05) is 36.6 Å². The fourth-order valence-corrected chi connectivity index (χ4v) is 2.99. The molecule has 104 valence electrons. The molecule has 0 aliphatic carbocycles. The molecule has 1 aliphatic rings. The van der Waals surface area contributed by atoms with E-state index in [9.17, 15) is 13.2 Å². The number of nitrogens with zero attached hydrogens (tertiary/aromatic N) is 2. The van der Waals surface area contributed by atoms with Crippen molar-refractivity contribution in [2.75, 3.05) is 32.4 Å². The van der Waals surface area contributed by atoms with Crippen LogP contribution in [0.3, 0.4) is 0 Å². The van der Waals surface area contributed by atoms with Crippen molar-refractivity contribution in [3.05, 3.63) is 29.8 Å². The second-order valence-corrected chi connectivity index (χ2v) is 7.00. The third kappa shape index (κ3) is 3.49. The predicted molar refractivity (Wildman–Crippen MR) is 76.0 cm³/mol. The maximum atomic E-state index is 12.2. The molecule has 1 amide bonds. The number of carbonyl (C=O) groups is 1. The Bertz CT molecular complexity index is 561. The second-order valence-electron chi connectivity index (χ2n) is 4.50. The lowest BCUT2D eigenvalue weighted by atomic mass is 10.2. The molecule has 1 aromatic rings. The maximum absolute atomic E-state index is 12.2. The first kappa shape index (κ1) is 14.4. The standard InChI is InChI=1S/C12H16N2O3S2/c1-19(16,17)14-8-6-13(7-9-14)12(15)10-2-4-11(18)5-3-10/h2-5,18H,6-9H2,1H3. The lowest BCUT2D eigenvalue weighted by Crippen LogP contribution is -2.50. The van der Waals surface area contributed by atoms with E-state index in [1.165, 1.54) is 10.6 Å². The number of hydrogen-bond acceptors (Lipinski definition) is 4. The van der Waals surface area contributed by atoms with Gasteiger partial charge >= 0.3 is 0 Å². The average molecular weight is 300 g/mol. The van der Waals surface area contributed by atoms with E-state index in [-0.39, 0.29) is 5.91 Å². The van der Waals surface area contributed by atoms with Crippen LogP contribution in [0.1, 0.15) is 10.4 Å². The molecule has 19 heavy (non-hydrogen) atoms. The molecular weight excluding hydrogens is 284 g/mol. The first-order chi connectivity index (χ1) is 8.88. The van der Waals surface area contributed by atoms with Gasteiger partial charge in [0.05, 0.1) is 6.26 Å². The summed E-state index contributed by atoms with van der Waals surface area (Å²) in [6.07, 6.45) is 1.19. The minimum Gasteiger partial charge on any atom is -0.336 e. The number of piperazine rings is 1. The quantitative estimate of drug-likeness (QED) is 0.818. The van der Waals surface area contributed by atoms with Crippen LogP contribution in [-0.2, 0) is 10.0 Å². The van der Waals surface area contributed by atoms with Crippen molar-refractivity contribution < 1.29 is 13.2 Å². The molecule has 0 N–H and O–H groups in total. The Morgan fingerprint density at radius 1 is 1.11 bits per heavy atom. The maximum Gasteiger partial charge on any atom is 0.253 e. The molecule has 1 aromatic carbocycles. The number of carbonyl (C=O) groups excluding carboxylic acids is 1. The Balaban J connectivity index is 2.02. The molecule has 0 atom stereocenters. The van der Waals surface area contributed by atoms with E-state index in [2.05, 4.69) is 12.6 Å². The molecule has 2 rings (SSSR count). The molecule has 7 heteroatoms. The zero-order valence-corrected chi connectivity index (χ0v) is 12.3. The molecule has 5 nitrogen and oxygen atoms in total. The van der Waals surface area contributed by atoms with Gasteiger partial charge in [-0.05, 0) is 24.3 Å². The van der Waals surface area contributed by atoms with E-state index in [4.69, 9.17) is 0 Å². The molecule has 1 saturated heterocycles. The predicted octanol–water partition coefficient (Wildman–Crippen LogP) is 0.693. The molecule has 0 saturated carbocycles. The van der Waals surface area contributed by atoms with Gasteiger partial charge in [0.15, 0.2) is 0 Å². The average Bonchev–Trinajstić information content (AvgIpc) is 2.38. The normalized spacial score (nSPS) is 17.5. The lowest BCUT2D eigenvalue weighted by Gasteiger charge is -2.33. The zero-order chi connectivity index (χ0) is 14.0. The minimum atomic E-state index is -3.16. The highest BCUT2D eigenvalue weighted by molar-refractivity contribution is 7.88. The Kier molecular flexibility index (Phi) is 4.17. The van der Waals surface area contributed by atoms with Crippen LogP contribution in [0.4, 0.5) is 0 Å². The third-order valence-electron chi connectivity index (χ3n) is 3.11. The van der Waals surface area contributed by atoms with Gasteiger partial charge in [0.2, 0.25) is 10.0 Å². The summed E-state index contributed by atoms with van der Waals surface area (Å²) in [6, 6.07) is 6.99. The van der Waals surface area contributed by atoms with Crippen LogP contribution in [0.2, 0.25) is 0 Å². The van der Waals surface area contributed by atoms with Gasteiger partial charge in [-0.15, -0.1) is 12.6 Å². The van der Waals surface area contributed by atoms with Crippen LogP contribution in [-0.4, -0.2) is 56.0 Å². The van der Waals surface area contributed by atoms with E-state index in [1.807, 2.05) is 0 Å². The van der Waals surface area contributed by atoms with E-state index in [0.29, 0.717) is 31.7 Å². The van der Waals surface area contributed by atoms with Crippen molar-refractivity contribution in [1.82, 2.24) is 9.21 Å². The largest absolute Gasteiger partial charge is 0.336 e. The highest BCUT2D eigenvalue weighted by Gasteiger charge is 2.26. The summed E-state index contributed by atoms with van der Waals surface area (Å²) in [4.78, 5) is 14.7. The van der Waals surface area contributed by atoms with Gasteiger partial charge in [0.1, 0.15) is 0 Å². The molecule has 0 spiro atoms. The van der Waals surface area contributed by atoms with Crippen molar-refractivity contribution in [2.24, 2.45) is 0 Å². The fraction of sp³-hybridized carbons (Fsp3) is 0.417.